The minimum atomic E-state index is 1.16. The molecule has 0 saturated heterocycles. The molecule has 0 saturated carbocycles. The van der Waals surface area contributed by atoms with Gasteiger partial charge in [0.25, 0.3) is 0 Å². The molecule has 0 fully saturated rings. The number of hydrogen-bond acceptors (Lipinski definition) is 0. The van der Waals surface area contributed by atoms with Crippen LogP contribution in [0.25, 0.3) is 16.8 Å². The molecule has 0 N–H and O–H groups in total. The van der Waals surface area contributed by atoms with E-state index in [2.05, 4.69) is 24.3 Å². The summed E-state index contributed by atoms with van der Waals surface area (Å²) in [5, 5.41) is 2.48. The Morgan fingerprint density at radius 1 is 0.923 bits per heavy atom. The highest BCUT2D eigenvalue weighted by molar-refractivity contribution is 6.27. The molecule has 2 aromatic carbocycles. The Labute approximate surface area is 82.5 Å². The second kappa shape index (κ2) is 3.63. The smallest absolute Gasteiger partial charge is 0.00486 e. The third-order valence-corrected chi connectivity index (χ3v) is 2.19. The Kier molecular flexibility index (Phi) is 2.33. The fourth-order valence-corrected chi connectivity index (χ4v) is 1.60. The Balaban J connectivity index is 2.75. The maximum Gasteiger partial charge on any atom is 0.00486 e. The molecule has 2 rings (SSSR count). The molecule has 0 bridgehead atoms. The first kappa shape index (κ1) is 8.33. The highest BCUT2D eigenvalue weighted by Crippen LogP contribution is 2.19. The quantitative estimate of drug-likeness (QED) is 0.634. The van der Waals surface area contributed by atoms with Crippen LogP contribution in [-0.4, -0.2) is 0 Å². The van der Waals surface area contributed by atoms with E-state index in [-0.39, 0.29) is 0 Å². The largest absolute Gasteiger partial charge is 0.0929 e. The summed E-state index contributed by atoms with van der Waals surface area (Å²) >= 11 is 5.56. The highest BCUT2D eigenvalue weighted by atomic mass is 35.5. The molecule has 0 radical (unpaired) electrons. The first-order valence-electron chi connectivity index (χ1n) is 4.16. The molecule has 0 heterocycles. The summed E-state index contributed by atoms with van der Waals surface area (Å²) in [7, 11) is 0. The van der Waals surface area contributed by atoms with Crippen molar-refractivity contribution in [1.29, 1.82) is 0 Å². The van der Waals surface area contributed by atoms with Gasteiger partial charge in [0.1, 0.15) is 0 Å². The minimum Gasteiger partial charge on any atom is -0.0929 e. The van der Waals surface area contributed by atoms with E-state index in [1.807, 2.05) is 24.3 Å². The Morgan fingerprint density at radius 3 is 2.54 bits per heavy atom. The van der Waals surface area contributed by atoms with E-state index in [1.165, 1.54) is 10.8 Å². The molecule has 0 aliphatic heterocycles. The zero-order valence-electron chi connectivity index (χ0n) is 7.07. The summed E-state index contributed by atoms with van der Waals surface area (Å²) in [4.78, 5) is 0. The zero-order valence-corrected chi connectivity index (χ0v) is 7.83. The van der Waals surface area contributed by atoms with Gasteiger partial charge in [-0.3, -0.25) is 0 Å². The molecule has 0 unspecified atom stereocenters. The van der Waals surface area contributed by atoms with Gasteiger partial charge in [0.2, 0.25) is 0 Å². The van der Waals surface area contributed by atoms with Crippen molar-refractivity contribution < 1.29 is 0 Å². The van der Waals surface area contributed by atoms with Crippen molar-refractivity contribution in [3.63, 3.8) is 0 Å². The molecular weight excluding hydrogens is 180 g/mol. The van der Waals surface area contributed by atoms with Crippen LogP contribution in [-0.2, 0) is 0 Å². The van der Waals surface area contributed by atoms with Crippen LogP contribution in [0.5, 0.6) is 0 Å². The van der Waals surface area contributed by atoms with E-state index in [1.54, 1.807) is 5.54 Å². The van der Waals surface area contributed by atoms with E-state index in [0.717, 1.165) is 5.56 Å². The van der Waals surface area contributed by atoms with Crippen molar-refractivity contribution in [1.82, 2.24) is 0 Å². The SMILES string of the molecule is ClC=Cc1cccc2ccccc12. The molecule has 0 nitrogen and oxygen atoms in total. The average molecular weight is 189 g/mol. The monoisotopic (exact) mass is 188 g/mol. The lowest BCUT2D eigenvalue weighted by molar-refractivity contribution is 1.71. The summed E-state index contributed by atoms with van der Waals surface area (Å²) in [5.74, 6) is 0. The summed E-state index contributed by atoms with van der Waals surface area (Å²) in [6.07, 6.45) is 1.91. The van der Waals surface area contributed by atoms with E-state index < -0.39 is 0 Å². The first-order valence-corrected chi connectivity index (χ1v) is 4.60. The van der Waals surface area contributed by atoms with Crippen LogP contribution in [0, 0.1) is 0 Å². The first-order chi connectivity index (χ1) is 6.42. The molecule has 1 heteroatoms. The molecule has 2 aromatic rings. The van der Waals surface area contributed by atoms with E-state index >= 15 is 0 Å². The minimum absolute atomic E-state index is 1.16. The van der Waals surface area contributed by atoms with Crippen LogP contribution in [0.1, 0.15) is 5.56 Å². The van der Waals surface area contributed by atoms with Crippen molar-refractivity contribution in [3.8, 4) is 0 Å². The number of halogens is 1. The number of benzene rings is 2. The topological polar surface area (TPSA) is 0 Å². The Hall–Kier alpha value is -1.27. The predicted octanol–water partition coefficient (Wildman–Crippen LogP) is 4.05. The Bertz CT molecular complexity index is 438. The van der Waals surface area contributed by atoms with E-state index in [4.69, 9.17) is 11.6 Å². The van der Waals surface area contributed by atoms with E-state index in [9.17, 15) is 0 Å². The third-order valence-electron chi connectivity index (χ3n) is 2.07. The standard InChI is InChI=1S/C12H9Cl/c13-9-8-11-6-3-5-10-4-1-2-7-12(10)11/h1-9H. The molecule has 0 atom stereocenters. The summed E-state index contributed by atoms with van der Waals surface area (Å²) in [6.45, 7) is 0. The van der Waals surface area contributed by atoms with Gasteiger partial charge in [-0.1, -0.05) is 54.1 Å². The molecule has 0 aliphatic carbocycles. The molecule has 0 amide bonds. The van der Waals surface area contributed by atoms with Crippen LogP contribution in [0.3, 0.4) is 0 Å². The van der Waals surface area contributed by atoms with Gasteiger partial charge in [-0.2, -0.15) is 0 Å². The van der Waals surface area contributed by atoms with Gasteiger partial charge in [0.15, 0.2) is 0 Å². The van der Waals surface area contributed by atoms with Gasteiger partial charge >= 0.3 is 0 Å². The van der Waals surface area contributed by atoms with Crippen LogP contribution < -0.4 is 0 Å². The maximum atomic E-state index is 5.56. The third kappa shape index (κ3) is 1.58. The van der Waals surface area contributed by atoms with Gasteiger partial charge in [-0.15, -0.1) is 0 Å². The molecule has 0 aliphatic rings. The number of hydrogen-bond donors (Lipinski definition) is 0. The average Bonchev–Trinajstić information content (AvgIpc) is 2.19. The number of fused-ring (bicyclic) bond motifs is 1. The van der Waals surface area contributed by atoms with Crippen molar-refractivity contribution in [3.05, 3.63) is 53.6 Å². The Morgan fingerprint density at radius 2 is 1.69 bits per heavy atom. The van der Waals surface area contributed by atoms with Crippen LogP contribution in [0.15, 0.2) is 48.0 Å². The summed E-state index contributed by atoms with van der Waals surface area (Å²) in [6, 6.07) is 14.5. The fourth-order valence-electron chi connectivity index (χ4n) is 1.46. The van der Waals surface area contributed by atoms with Crippen LogP contribution in [0.4, 0.5) is 0 Å². The number of rotatable bonds is 1. The van der Waals surface area contributed by atoms with Crippen molar-refractivity contribution in [2.24, 2.45) is 0 Å². The lowest BCUT2D eigenvalue weighted by Crippen LogP contribution is -1.76. The second-order valence-electron chi connectivity index (χ2n) is 2.86. The maximum absolute atomic E-state index is 5.56. The summed E-state index contributed by atoms with van der Waals surface area (Å²) in [5.41, 5.74) is 2.70. The predicted molar refractivity (Wildman–Crippen MR) is 58.8 cm³/mol. The van der Waals surface area contributed by atoms with Gasteiger partial charge in [0, 0.05) is 5.54 Å². The zero-order chi connectivity index (χ0) is 9.10. The van der Waals surface area contributed by atoms with Crippen LogP contribution >= 0.6 is 11.6 Å². The fraction of sp³-hybridized carbons (Fsp3) is 0. The van der Waals surface area contributed by atoms with Crippen molar-refractivity contribution >= 4 is 28.4 Å². The molecule has 64 valence electrons. The normalized spacial score (nSPS) is 11.2. The van der Waals surface area contributed by atoms with E-state index in [0.29, 0.717) is 0 Å². The van der Waals surface area contributed by atoms with Crippen LogP contribution in [0.2, 0.25) is 0 Å². The highest BCUT2D eigenvalue weighted by Gasteiger charge is 1.94. The molecular formula is C12H9Cl. The summed E-state index contributed by atoms with van der Waals surface area (Å²) < 4.78 is 0. The second-order valence-corrected chi connectivity index (χ2v) is 3.11. The van der Waals surface area contributed by atoms with Gasteiger partial charge in [0.05, 0.1) is 0 Å². The molecule has 0 aromatic heterocycles. The lowest BCUT2D eigenvalue weighted by atomic mass is 10.1. The van der Waals surface area contributed by atoms with Gasteiger partial charge in [-0.25, -0.2) is 0 Å². The van der Waals surface area contributed by atoms with Gasteiger partial charge in [-0.05, 0) is 22.4 Å². The molecule has 0 spiro atoms. The van der Waals surface area contributed by atoms with Gasteiger partial charge < -0.3 is 0 Å². The van der Waals surface area contributed by atoms with Crippen molar-refractivity contribution in [2.75, 3.05) is 0 Å². The molecule has 13 heavy (non-hydrogen) atoms. The lowest BCUT2D eigenvalue weighted by Gasteiger charge is -2.00. The van der Waals surface area contributed by atoms with Crippen molar-refractivity contribution in [2.45, 2.75) is 0 Å².